The maximum absolute atomic E-state index is 12.1. The Morgan fingerprint density at radius 2 is 2.00 bits per heavy atom. The number of likely N-dealkylation sites (tertiary alicyclic amines) is 1. The van der Waals surface area contributed by atoms with Crippen molar-refractivity contribution >= 4 is 5.97 Å². The number of nitrogens with one attached hydrogen (secondary N) is 1. The maximum Gasteiger partial charge on any atom is 0.355 e. The molecule has 138 valence electrons. The number of nitrogens with zero attached hydrogens (tertiary/aromatic N) is 1. The van der Waals surface area contributed by atoms with E-state index >= 15 is 0 Å². The average molecular weight is 352 g/mol. The highest BCUT2D eigenvalue weighted by molar-refractivity contribution is 5.89. The number of carbonyl (C=O) groups excluding carboxylic acids is 1. The zero-order valence-electron chi connectivity index (χ0n) is 16.2. The van der Waals surface area contributed by atoms with Crippen molar-refractivity contribution in [3.05, 3.63) is 57.9 Å². The van der Waals surface area contributed by atoms with E-state index in [1.807, 2.05) is 13.8 Å². The smallest absolute Gasteiger partial charge is 0.355 e. The Morgan fingerprint density at radius 3 is 2.69 bits per heavy atom. The number of hydrogen-bond acceptors (Lipinski definition) is 3. The van der Waals surface area contributed by atoms with Gasteiger partial charge in [0.1, 0.15) is 5.69 Å². The van der Waals surface area contributed by atoms with Crippen LogP contribution in [0.15, 0.2) is 24.3 Å². The summed E-state index contributed by atoms with van der Waals surface area (Å²) in [6.07, 6.45) is 1.31. The maximum atomic E-state index is 12.1. The molecule has 1 aromatic heterocycles. The summed E-state index contributed by atoms with van der Waals surface area (Å²) in [4.78, 5) is 17.9. The van der Waals surface area contributed by atoms with Crippen LogP contribution in [0, 0.1) is 26.7 Å². The highest BCUT2D eigenvalue weighted by Gasteiger charge is 2.60. The minimum Gasteiger partial charge on any atom is -0.461 e. The SMILES string of the molecule is CCOC(=O)c1[nH]c(C)c(CN2CC3CC3(c3ccc(C)cc3)C2)c1C. The number of fused-ring (bicyclic) bond motifs is 1. The van der Waals surface area contributed by atoms with E-state index in [0.29, 0.717) is 17.7 Å². The first-order valence-corrected chi connectivity index (χ1v) is 9.59. The van der Waals surface area contributed by atoms with Gasteiger partial charge >= 0.3 is 5.97 Å². The topological polar surface area (TPSA) is 45.3 Å². The number of aryl methyl sites for hydroxylation is 2. The molecule has 1 aliphatic carbocycles. The van der Waals surface area contributed by atoms with Crippen molar-refractivity contribution in [1.82, 2.24) is 9.88 Å². The van der Waals surface area contributed by atoms with Crippen LogP contribution in [-0.4, -0.2) is 35.5 Å². The van der Waals surface area contributed by atoms with E-state index in [0.717, 1.165) is 36.8 Å². The normalized spacial score (nSPS) is 24.5. The fourth-order valence-corrected chi connectivity index (χ4v) is 4.70. The first-order chi connectivity index (χ1) is 12.4. The predicted molar refractivity (Wildman–Crippen MR) is 102 cm³/mol. The largest absolute Gasteiger partial charge is 0.461 e. The van der Waals surface area contributed by atoms with Gasteiger partial charge in [0.15, 0.2) is 0 Å². The molecule has 0 radical (unpaired) electrons. The van der Waals surface area contributed by atoms with Crippen LogP contribution in [0.1, 0.15) is 51.8 Å². The predicted octanol–water partition coefficient (Wildman–Crippen LogP) is 3.89. The third-order valence-electron chi connectivity index (χ3n) is 6.30. The van der Waals surface area contributed by atoms with Gasteiger partial charge in [-0.1, -0.05) is 29.8 Å². The number of esters is 1. The molecule has 26 heavy (non-hydrogen) atoms. The average Bonchev–Trinajstić information content (AvgIpc) is 3.07. The molecule has 4 rings (SSSR count). The van der Waals surface area contributed by atoms with Crippen LogP contribution in [0.2, 0.25) is 0 Å². The number of aromatic nitrogens is 1. The number of H-pyrrole nitrogens is 1. The Balaban J connectivity index is 1.50. The summed E-state index contributed by atoms with van der Waals surface area (Å²) in [6.45, 7) is 11.6. The van der Waals surface area contributed by atoms with Crippen molar-refractivity contribution in [3.63, 3.8) is 0 Å². The van der Waals surface area contributed by atoms with Crippen LogP contribution in [0.25, 0.3) is 0 Å². The molecule has 4 nitrogen and oxygen atoms in total. The molecule has 2 aromatic rings. The molecule has 2 aliphatic rings. The monoisotopic (exact) mass is 352 g/mol. The summed E-state index contributed by atoms with van der Waals surface area (Å²) in [6, 6.07) is 9.08. The Hall–Kier alpha value is -2.07. The standard InChI is InChI=1S/C22H28N2O2/c1-5-26-21(25)20-15(3)19(16(4)23-20)12-24-11-18-10-22(18,13-24)17-8-6-14(2)7-9-17/h6-9,18,23H,5,10-13H2,1-4H3. The Kier molecular flexibility index (Phi) is 4.19. The van der Waals surface area contributed by atoms with E-state index < -0.39 is 0 Å². The van der Waals surface area contributed by atoms with E-state index in [9.17, 15) is 4.79 Å². The summed E-state index contributed by atoms with van der Waals surface area (Å²) >= 11 is 0. The molecule has 2 fully saturated rings. The molecule has 1 saturated heterocycles. The van der Waals surface area contributed by atoms with E-state index in [-0.39, 0.29) is 5.97 Å². The van der Waals surface area contributed by atoms with Crippen molar-refractivity contribution in [2.45, 2.75) is 46.1 Å². The molecule has 4 heteroatoms. The molecule has 0 bridgehead atoms. The molecule has 1 aliphatic heterocycles. The number of rotatable bonds is 5. The quantitative estimate of drug-likeness (QED) is 0.831. The summed E-state index contributed by atoms with van der Waals surface area (Å²) in [7, 11) is 0. The van der Waals surface area contributed by atoms with Crippen LogP contribution in [0.4, 0.5) is 0 Å². The van der Waals surface area contributed by atoms with Crippen molar-refractivity contribution in [2.75, 3.05) is 19.7 Å². The second-order valence-electron chi connectivity index (χ2n) is 8.04. The van der Waals surface area contributed by atoms with Gasteiger partial charge in [-0.15, -0.1) is 0 Å². The van der Waals surface area contributed by atoms with Gasteiger partial charge in [-0.25, -0.2) is 4.79 Å². The first-order valence-electron chi connectivity index (χ1n) is 9.59. The zero-order valence-corrected chi connectivity index (χ0v) is 16.2. The molecule has 0 spiro atoms. The molecule has 2 heterocycles. The lowest BCUT2D eigenvalue weighted by Crippen LogP contribution is -2.26. The fraction of sp³-hybridized carbons (Fsp3) is 0.500. The van der Waals surface area contributed by atoms with E-state index in [1.54, 1.807) is 0 Å². The van der Waals surface area contributed by atoms with Gasteiger partial charge in [0, 0.05) is 30.7 Å². The number of hydrogen-bond donors (Lipinski definition) is 1. The highest BCUT2D eigenvalue weighted by Crippen LogP contribution is 2.59. The number of carbonyl (C=O) groups is 1. The van der Waals surface area contributed by atoms with Crippen LogP contribution in [0.5, 0.6) is 0 Å². The number of ether oxygens (including phenoxy) is 1. The number of piperidine rings is 1. The minimum atomic E-state index is -0.250. The van der Waals surface area contributed by atoms with Crippen molar-refractivity contribution in [2.24, 2.45) is 5.92 Å². The van der Waals surface area contributed by atoms with Gasteiger partial charge in [0.25, 0.3) is 0 Å². The first kappa shape index (κ1) is 17.3. The summed E-state index contributed by atoms with van der Waals surface area (Å²) in [5, 5.41) is 0. The molecule has 2 unspecified atom stereocenters. The lowest BCUT2D eigenvalue weighted by Gasteiger charge is -2.21. The van der Waals surface area contributed by atoms with Crippen LogP contribution in [-0.2, 0) is 16.7 Å². The van der Waals surface area contributed by atoms with Gasteiger partial charge in [-0.2, -0.15) is 0 Å². The Bertz CT molecular complexity index is 837. The second-order valence-corrected chi connectivity index (χ2v) is 8.04. The summed E-state index contributed by atoms with van der Waals surface area (Å²) in [5.41, 5.74) is 7.13. The third-order valence-corrected chi connectivity index (χ3v) is 6.30. The van der Waals surface area contributed by atoms with Crippen LogP contribution in [0.3, 0.4) is 0 Å². The summed E-state index contributed by atoms with van der Waals surface area (Å²) < 4.78 is 5.17. The van der Waals surface area contributed by atoms with Gasteiger partial charge < -0.3 is 9.72 Å². The fourth-order valence-electron chi connectivity index (χ4n) is 4.70. The number of benzene rings is 1. The molecule has 0 amide bonds. The van der Waals surface area contributed by atoms with Crippen molar-refractivity contribution in [3.8, 4) is 0 Å². The lowest BCUT2D eigenvalue weighted by molar-refractivity contribution is 0.0519. The third kappa shape index (κ3) is 2.77. The van der Waals surface area contributed by atoms with Gasteiger partial charge in [-0.3, -0.25) is 4.90 Å². The lowest BCUT2D eigenvalue weighted by atomic mass is 9.94. The molecule has 1 aromatic carbocycles. The summed E-state index contributed by atoms with van der Waals surface area (Å²) in [5.74, 6) is 0.522. The van der Waals surface area contributed by atoms with Crippen molar-refractivity contribution in [1.29, 1.82) is 0 Å². The van der Waals surface area contributed by atoms with Crippen LogP contribution >= 0.6 is 0 Å². The van der Waals surface area contributed by atoms with Gasteiger partial charge in [-0.05, 0) is 56.7 Å². The Morgan fingerprint density at radius 1 is 1.27 bits per heavy atom. The molecular weight excluding hydrogens is 324 g/mol. The van der Waals surface area contributed by atoms with Crippen LogP contribution < -0.4 is 0 Å². The highest BCUT2D eigenvalue weighted by atomic mass is 16.5. The van der Waals surface area contributed by atoms with E-state index in [2.05, 4.69) is 48.0 Å². The molecule has 1 saturated carbocycles. The second kappa shape index (κ2) is 6.27. The van der Waals surface area contributed by atoms with Gasteiger partial charge in [0.05, 0.1) is 6.61 Å². The zero-order chi connectivity index (χ0) is 18.5. The van der Waals surface area contributed by atoms with Crippen molar-refractivity contribution < 1.29 is 9.53 Å². The Labute approximate surface area is 155 Å². The molecule has 1 N–H and O–H groups in total. The molecular formula is C22H28N2O2. The van der Waals surface area contributed by atoms with E-state index in [4.69, 9.17) is 4.74 Å². The number of aromatic amines is 1. The minimum absolute atomic E-state index is 0.250. The van der Waals surface area contributed by atoms with Gasteiger partial charge in [0.2, 0.25) is 0 Å². The van der Waals surface area contributed by atoms with E-state index in [1.165, 1.54) is 23.1 Å². The molecule has 2 atom stereocenters.